The van der Waals surface area contributed by atoms with Crippen LogP contribution in [-0.4, -0.2) is 69.7 Å². The molecule has 234 valence electrons. The average Bonchev–Trinajstić information content (AvgIpc) is 2.96. The van der Waals surface area contributed by atoms with E-state index in [1.807, 2.05) is 6.92 Å². The van der Waals surface area contributed by atoms with Crippen LogP contribution in [0.3, 0.4) is 0 Å². The summed E-state index contributed by atoms with van der Waals surface area (Å²) in [7, 11) is -3.97. The van der Waals surface area contributed by atoms with Crippen molar-refractivity contribution in [2.24, 2.45) is 0 Å². The molecule has 2 aliphatic rings. The zero-order chi connectivity index (χ0) is 32.2. The van der Waals surface area contributed by atoms with Crippen molar-refractivity contribution in [1.29, 1.82) is 0 Å². The smallest absolute Gasteiger partial charge is 0.355 e. The zero-order valence-electron chi connectivity index (χ0n) is 24.7. The topological polar surface area (TPSA) is 144 Å². The molecular weight excluding hydrogens is 604 g/mol. The van der Waals surface area contributed by atoms with Crippen molar-refractivity contribution in [3.63, 3.8) is 0 Å². The molecule has 0 spiro atoms. The third-order valence-corrected chi connectivity index (χ3v) is 10.7. The van der Waals surface area contributed by atoms with E-state index in [2.05, 4.69) is 21.5 Å². The summed E-state index contributed by atoms with van der Waals surface area (Å²) >= 11 is 0. The molecule has 2 N–H and O–H groups in total. The van der Waals surface area contributed by atoms with Crippen molar-refractivity contribution >= 4 is 38.3 Å². The molecule has 3 aromatic heterocycles. The molecule has 11 nitrogen and oxygen atoms in total. The van der Waals surface area contributed by atoms with Gasteiger partial charge in [-0.1, -0.05) is 19.1 Å². The van der Waals surface area contributed by atoms with Crippen LogP contribution in [0.5, 0.6) is 0 Å². The number of amides is 1. The van der Waals surface area contributed by atoms with Crippen LogP contribution in [0.4, 0.5) is 20.3 Å². The third-order valence-electron chi connectivity index (χ3n) is 8.55. The second-order valence-electron chi connectivity index (χ2n) is 11.4. The molecule has 0 unspecified atom stereocenters. The van der Waals surface area contributed by atoms with Crippen molar-refractivity contribution in [3.05, 3.63) is 76.9 Å². The Balaban J connectivity index is 1.66. The van der Waals surface area contributed by atoms with Crippen LogP contribution < -0.4 is 16.3 Å². The molecule has 1 aromatic carbocycles. The summed E-state index contributed by atoms with van der Waals surface area (Å²) in [5, 5.41) is -0.890. The van der Waals surface area contributed by atoms with Crippen LogP contribution in [0.2, 0.25) is 0 Å². The Hall–Kier alpha value is -4.72. The van der Waals surface area contributed by atoms with Crippen molar-refractivity contribution in [1.82, 2.24) is 24.4 Å². The van der Waals surface area contributed by atoms with E-state index in [0.29, 0.717) is 18.4 Å². The molecule has 1 atom stereocenters. The molecule has 1 amide bonds. The van der Waals surface area contributed by atoms with E-state index in [-0.39, 0.29) is 70.4 Å². The summed E-state index contributed by atoms with van der Waals surface area (Å²) in [6.45, 7) is 7.81. The van der Waals surface area contributed by atoms with E-state index in [4.69, 9.17) is 5.73 Å². The predicted octanol–water partition coefficient (Wildman–Crippen LogP) is 3.56. The monoisotopic (exact) mass is 635 g/mol. The van der Waals surface area contributed by atoms with E-state index in [1.165, 1.54) is 24.4 Å². The van der Waals surface area contributed by atoms with Gasteiger partial charge < -0.3 is 15.5 Å². The lowest BCUT2D eigenvalue weighted by Gasteiger charge is -2.40. The second-order valence-corrected chi connectivity index (χ2v) is 13.5. The highest BCUT2D eigenvalue weighted by molar-refractivity contribution is 7.92. The van der Waals surface area contributed by atoms with Crippen molar-refractivity contribution in [2.45, 2.75) is 49.4 Å². The lowest BCUT2D eigenvalue weighted by Crippen LogP contribution is -2.54. The molecule has 1 saturated heterocycles. The Labute approximate surface area is 257 Å². The van der Waals surface area contributed by atoms with Crippen LogP contribution in [0.15, 0.2) is 59.0 Å². The molecule has 1 aliphatic heterocycles. The lowest BCUT2D eigenvalue weighted by molar-refractivity contribution is -0.126. The van der Waals surface area contributed by atoms with Crippen LogP contribution >= 0.6 is 0 Å². The lowest BCUT2D eigenvalue weighted by atomic mass is 10.00. The first kappa shape index (κ1) is 30.3. The zero-order valence-corrected chi connectivity index (χ0v) is 25.5. The summed E-state index contributed by atoms with van der Waals surface area (Å²) in [6.07, 6.45) is 4.25. The van der Waals surface area contributed by atoms with Crippen molar-refractivity contribution in [3.8, 4) is 16.9 Å². The van der Waals surface area contributed by atoms with Gasteiger partial charge in [0.25, 0.3) is 0 Å². The molecule has 2 fully saturated rings. The number of fused-ring (bicyclic) bond motifs is 1. The van der Waals surface area contributed by atoms with E-state index >= 15 is 8.78 Å². The van der Waals surface area contributed by atoms with Crippen LogP contribution in [-0.2, 0) is 14.6 Å². The van der Waals surface area contributed by atoms with Gasteiger partial charge in [0.1, 0.15) is 17.3 Å². The van der Waals surface area contributed by atoms with Gasteiger partial charge in [-0.2, -0.15) is 4.98 Å². The maximum absolute atomic E-state index is 16.0. The minimum Gasteiger partial charge on any atom is -0.398 e. The van der Waals surface area contributed by atoms with E-state index in [1.54, 1.807) is 22.8 Å². The van der Waals surface area contributed by atoms with Crippen molar-refractivity contribution < 1.29 is 22.0 Å². The number of halogens is 2. The molecule has 1 saturated carbocycles. The highest BCUT2D eigenvalue weighted by Crippen LogP contribution is 2.37. The minimum absolute atomic E-state index is 0.0561. The molecule has 14 heteroatoms. The normalized spacial score (nSPS) is 17.4. The number of nitrogen functional groups attached to an aromatic ring is 1. The highest BCUT2D eigenvalue weighted by atomic mass is 32.2. The number of benzene rings is 1. The number of hydrogen-bond donors (Lipinski definition) is 1. The standard InChI is InChI=1S/C31H31F2N7O4S/c1-4-24(41)38-13-14-39(18(3)16-38)28-20-15-22(33)26(25-21(32)9-6-10-23(25)34)36-29(20)40(31(42)37-28)27-17(2)11-12-35-30(27)45(43,44)19-7-5-8-19/h4,6,9-12,15,18-19H,1,5,7-8,13-14,16,34H2,2-3H3/t18-/m0/s1. The number of carbonyl (C=O) groups is 1. The van der Waals surface area contributed by atoms with Crippen LogP contribution in [0, 0.1) is 18.6 Å². The first-order valence-corrected chi connectivity index (χ1v) is 16.0. The van der Waals surface area contributed by atoms with Gasteiger partial charge in [-0.25, -0.2) is 36.5 Å². The van der Waals surface area contributed by atoms with Gasteiger partial charge in [0, 0.05) is 37.6 Å². The fourth-order valence-corrected chi connectivity index (χ4v) is 7.94. The summed E-state index contributed by atoms with van der Waals surface area (Å²) in [6, 6.07) is 6.19. The van der Waals surface area contributed by atoms with Crippen molar-refractivity contribution in [2.75, 3.05) is 30.3 Å². The molecule has 45 heavy (non-hydrogen) atoms. The van der Waals surface area contributed by atoms with Gasteiger partial charge in [0.15, 0.2) is 16.5 Å². The number of carbonyl (C=O) groups excluding carboxylic acids is 1. The van der Waals surface area contributed by atoms with Gasteiger partial charge in [0.2, 0.25) is 15.7 Å². The highest BCUT2D eigenvalue weighted by Gasteiger charge is 2.37. The molecule has 0 radical (unpaired) electrons. The van der Waals surface area contributed by atoms with E-state index in [9.17, 15) is 18.0 Å². The minimum atomic E-state index is -3.97. The van der Waals surface area contributed by atoms with Crippen LogP contribution in [0.25, 0.3) is 28.0 Å². The molecule has 1 aliphatic carbocycles. The maximum Gasteiger partial charge on any atom is 0.355 e. The number of nitrogens with zero attached hydrogens (tertiary/aromatic N) is 6. The molecule has 0 bridgehead atoms. The number of rotatable bonds is 6. The fourth-order valence-electron chi connectivity index (χ4n) is 5.94. The molecule has 4 heterocycles. The van der Waals surface area contributed by atoms with E-state index in [0.717, 1.165) is 23.1 Å². The van der Waals surface area contributed by atoms with Crippen LogP contribution in [0.1, 0.15) is 31.7 Å². The van der Waals surface area contributed by atoms with Gasteiger partial charge in [-0.15, -0.1) is 0 Å². The predicted molar refractivity (Wildman–Crippen MR) is 166 cm³/mol. The number of sulfone groups is 1. The number of anilines is 2. The molecule has 4 aromatic rings. The number of nitrogens with two attached hydrogens (primary N) is 1. The summed E-state index contributed by atoms with van der Waals surface area (Å²) in [5.41, 5.74) is 4.52. The van der Waals surface area contributed by atoms with Gasteiger partial charge in [-0.05, 0) is 62.6 Å². The maximum atomic E-state index is 16.0. The Kier molecular flexibility index (Phi) is 7.63. The average molecular weight is 636 g/mol. The Morgan fingerprint density at radius 1 is 1.13 bits per heavy atom. The number of hydrogen-bond acceptors (Lipinski definition) is 9. The first-order valence-electron chi connectivity index (χ1n) is 14.5. The summed E-state index contributed by atoms with van der Waals surface area (Å²) < 4.78 is 59.5. The third kappa shape index (κ3) is 5.02. The van der Waals surface area contributed by atoms with E-state index < -0.39 is 38.1 Å². The number of aromatic nitrogens is 4. The molecular formula is C31H31F2N7O4S. The fraction of sp³-hybridized carbons (Fsp3) is 0.323. The summed E-state index contributed by atoms with van der Waals surface area (Å²) in [5.74, 6) is -1.91. The number of pyridine rings is 2. The quantitative estimate of drug-likeness (QED) is 0.248. The first-order chi connectivity index (χ1) is 21.4. The second kappa shape index (κ2) is 11.3. The Morgan fingerprint density at radius 3 is 2.53 bits per heavy atom. The van der Waals surface area contributed by atoms with Gasteiger partial charge >= 0.3 is 5.69 Å². The summed E-state index contributed by atoms with van der Waals surface area (Å²) in [4.78, 5) is 42.8. The Bertz CT molecular complexity index is 2030. The Morgan fingerprint density at radius 2 is 1.89 bits per heavy atom. The largest absolute Gasteiger partial charge is 0.398 e. The number of aryl methyl sites for hydroxylation is 1. The molecule has 6 rings (SSSR count). The van der Waals surface area contributed by atoms with Gasteiger partial charge in [-0.3, -0.25) is 4.79 Å². The number of piperazine rings is 1. The van der Waals surface area contributed by atoms with Gasteiger partial charge in [0.05, 0.1) is 21.9 Å². The SMILES string of the molecule is C=CC(=O)N1CCN(c2nc(=O)n(-c3c(C)ccnc3S(=O)(=O)C3CCC3)c3nc(-c4c(N)cccc4F)c(F)cc23)[C@@H](C)C1.